The van der Waals surface area contributed by atoms with E-state index >= 15 is 0 Å². The molecule has 1 saturated heterocycles. The molecule has 1 aromatic carbocycles. The molecule has 2 aliphatic rings. The van der Waals surface area contributed by atoms with E-state index in [0.717, 1.165) is 44.5 Å². The molecule has 0 bridgehead atoms. The molecule has 1 aliphatic heterocycles. The largest absolute Gasteiger partial charge is 0.316 e. The molecular weight excluding hydrogens is 272 g/mol. The molecule has 3 heteroatoms. The van der Waals surface area contributed by atoms with E-state index < -0.39 is 0 Å². The van der Waals surface area contributed by atoms with Gasteiger partial charge in [0.25, 0.3) is 0 Å². The highest BCUT2D eigenvalue weighted by molar-refractivity contribution is 5.96. The van der Waals surface area contributed by atoms with Crippen molar-refractivity contribution in [2.45, 2.75) is 57.4 Å². The van der Waals surface area contributed by atoms with E-state index in [9.17, 15) is 4.79 Å². The van der Waals surface area contributed by atoms with Crippen LogP contribution in [0.1, 0.15) is 51.9 Å². The first-order chi connectivity index (χ1) is 10.7. The van der Waals surface area contributed by atoms with Gasteiger partial charge in [-0.1, -0.05) is 37.5 Å². The number of benzene rings is 1. The van der Waals surface area contributed by atoms with Crippen LogP contribution in [0.25, 0.3) is 0 Å². The summed E-state index contributed by atoms with van der Waals surface area (Å²) in [6.07, 6.45) is 8.13. The molecule has 3 rings (SSSR count). The number of anilines is 1. The second kappa shape index (κ2) is 6.82. The monoisotopic (exact) mass is 300 g/mol. The zero-order chi connectivity index (χ0) is 15.4. The molecule has 0 aromatic heterocycles. The summed E-state index contributed by atoms with van der Waals surface area (Å²) in [4.78, 5) is 15.4. The first-order valence-electron chi connectivity index (χ1n) is 8.81. The lowest BCUT2D eigenvalue weighted by atomic mass is 9.80. The maximum absolute atomic E-state index is 13.3. The number of amides is 1. The van der Waals surface area contributed by atoms with Crippen LogP contribution in [0.4, 0.5) is 5.69 Å². The number of carbonyl (C=O) groups excluding carboxylic acids is 1. The highest BCUT2D eigenvalue weighted by atomic mass is 16.2. The van der Waals surface area contributed by atoms with Crippen LogP contribution in [0, 0.1) is 5.92 Å². The predicted octanol–water partition coefficient (Wildman–Crippen LogP) is 3.74. The molecular formula is C19H28N2O. The van der Waals surface area contributed by atoms with Crippen molar-refractivity contribution in [1.82, 2.24) is 5.32 Å². The Bertz CT molecular complexity index is 487. The number of piperidine rings is 1. The Labute approximate surface area is 134 Å². The predicted molar refractivity (Wildman–Crippen MR) is 91.0 cm³/mol. The van der Waals surface area contributed by atoms with Crippen LogP contribution in [0.5, 0.6) is 0 Å². The summed E-state index contributed by atoms with van der Waals surface area (Å²) in [6, 6.07) is 10.3. The minimum absolute atomic E-state index is 0.0197. The fraction of sp³-hybridized carbons (Fsp3) is 0.632. The molecule has 1 saturated carbocycles. The number of para-hydroxylation sites is 1. The van der Waals surface area contributed by atoms with E-state index in [0.29, 0.717) is 5.91 Å². The van der Waals surface area contributed by atoms with E-state index in [4.69, 9.17) is 0 Å². The third-order valence-corrected chi connectivity index (χ3v) is 5.35. The standard InChI is InChI=1S/C19H28N2O/c1-19(12-6-3-7-13-19)21(17-10-4-2-5-11-17)18(22)16-9-8-14-20-15-16/h2,4-5,10-11,16,20H,3,6-9,12-15H2,1H3/t16-/m0/s1. The molecule has 1 atom stereocenters. The van der Waals surface area contributed by atoms with Gasteiger partial charge in [0.2, 0.25) is 5.91 Å². The van der Waals surface area contributed by atoms with Crippen LogP contribution in [0.3, 0.4) is 0 Å². The summed E-state index contributed by atoms with van der Waals surface area (Å²) < 4.78 is 0. The van der Waals surface area contributed by atoms with E-state index in [1.165, 1.54) is 19.3 Å². The minimum Gasteiger partial charge on any atom is -0.316 e. The van der Waals surface area contributed by atoms with Crippen molar-refractivity contribution in [2.75, 3.05) is 18.0 Å². The summed E-state index contributed by atoms with van der Waals surface area (Å²) in [6.45, 7) is 4.16. The summed E-state index contributed by atoms with van der Waals surface area (Å²) in [5.74, 6) is 0.454. The molecule has 1 amide bonds. The van der Waals surface area contributed by atoms with Gasteiger partial charge in [-0.05, 0) is 51.3 Å². The van der Waals surface area contributed by atoms with Crippen LogP contribution in [-0.2, 0) is 4.79 Å². The van der Waals surface area contributed by atoms with Crippen molar-refractivity contribution in [3.8, 4) is 0 Å². The van der Waals surface area contributed by atoms with Gasteiger partial charge in [-0.2, -0.15) is 0 Å². The topological polar surface area (TPSA) is 32.3 Å². The Morgan fingerprint density at radius 2 is 1.86 bits per heavy atom. The van der Waals surface area contributed by atoms with Crippen molar-refractivity contribution in [3.63, 3.8) is 0 Å². The number of carbonyl (C=O) groups is 1. The second-order valence-electron chi connectivity index (χ2n) is 7.11. The summed E-state index contributed by atoms with van der Waals surface area (Å²) >= 11 is 0. The highest BCUT2D eigenvalue weighted by Gasteiger charge is 2.40. The van der Waals surface area contributed by atoms with Gasteiger partial charge in [0, 0.05) is 17.8 Å². The normalized spacial score (nSPS) is 24.7. The molecule has 0 radical (unpaired) electrons. The molecule has 0 spiro atoms. The van der Waals surface area contributed by atoms with Crippen molar-refractivity contribution >= 4 is 11.6 Å². The van der Waals surface area contributed by atoms with Gasteiger partial charge in [0.15, 0.2) is 0 Å². The lowest BCUT2D eigenvalue weighted by Gasteiger charge is -2.45. The Hall–Kier alpha value is -1.35. The maximum atomic E-state index is 13.3. The smallest absolute Gasteiger partial charge is 0.231 e. The average molecular weight is 300 g/mol. The second-order valence-corrected chi connectivity index (χ2v) is 7.11. The first-order valence-corrected chi connectivity index (χ1v) is 8.81. The van der Waals surface area contributed by atoms with Gasteiger partial charge in [-0.3, -0.25) is 4.79 Å². The van der Waals surface area contributed by atoms with Gasteiger partial charge in [-0.25, -0.2) is 0 Å². The summed E-state index contributed by atoms with van der Waals surface area (Å²) in [7, 11) is 0. The third kappa shape index (κ3) is 3.19. The van der Waals surface area contributed by atoms with E-state index in [2.05, 4.69) is 29.3 Å². The summed E-state index contributed by atoms with van der Waals surface area (Å²) in [5, 5.41) is 3.39. The first kappa shape index (κ1) is 15.5. The van der Waals surface area contributed by atoms with Crippen LogP contribution in [0.2, 0.25) is 0 Å². The lowest BCUT2D eigenvalue weighted by Crippen LogP contribution is -2.55. The third-order valence-electron chi connectivity index (χ3n) is 5.35. The summed E-state index contributed by atoms with van der Waals surface area (Å²) in [5.41, 5.74) is 1.05. The van der Waals surface area contributed by atoms with Crippen molar-refractivity contribution in [2.24, 2.45) is 5.92 Å². The van der Waals surface area contributed by atoms with Crippen molar-refractivity contribution < 1.29 is 4.79 Å². The minimum atomic E-state index is -0.0197. The molecule has 0 unspecified atom stereocenters. The molecule has 3 nitrogen and oxygen atoms in total. The highest BCUT2D eigenvalue weighted by Crippen LogP contribution is 2.38. The van der Waals surface area contributed by atoms with Gasteiger partial charge >= 0.3 is 0 Å². The number of hydrogen-bond acceptors (Lipinski definition) is 2. The Morgan fingerprint density at radius 1 is 1.14 bits per heavy atom. The fourth-order valence-corrected chi connectivity index (χ4v) is 4.06. The van der Waals surface area contributed by atoms with Gasteiger partial charge in [-0.15, -0.1) is 0 Å². The molecule has 22 heavy (non-hydrogen) atoms. The quantitative estimate of drug-likeness (QED) is 0.922. The van der Waals surface area contributed by atoms with Crippen molar-refractivity contribution in [3.05, 3.63) is 30.3 Å². The molecule has 120 valence electrons. The average Bonchev–Trinajstić information content (AvgIpc) is 2.57. The van der Waals surface area contributed by atoms with Crippen LogP contribution in [0.15, 0.2) is 30.3 Å². The molecule has 1 heterocycles. The number of nitrogens with one attached hydrogen (secondary N) is 1. The Kier molecular flexibility index (Phi) is 4.82. The van der Waals surface area contributed by atoms with Crippen LogP contribution >= 0.6 is 0 Å². The zero-order valence-electron chi connectivity index (χ0n) is 13.7. The van der Waals surface area contributed by atoms with Gasteiger partial charge < -0.3 is 10.2 Å². The number of rotatable bonds is 3. The Balaban J connectivity index is 1.90. The Morgan fingerprint density at radius 3 is 2.50 bits per heavy atom. The van der Waals surface area contributed by atoms with Crippen LogP contribution < -0.4 is 10.2 Å². The SMILES string of the molecule is CC1(N(C(=O)[C@H]2CCCNC2)c2ccccc2)CCCCC1. The van der Waals surface area contributed by atoms with Crippen LogP contribution in [-0.4, -0.2) is 24.5 Å². The van der Waals surface area contributed by atoms with Gasteiger partial charge in [0.1, 0.15) is 0 Å². The van der Waals surface area contributed by atoms with E-state index in [1.807, 2.05) is 18.2 Å². The lowest BCUT2D eigenvalue weighted by molar-refractivity contribution is -0.124. The molecule has 2 fully saturated rings. The molecule has 1 N–H and O–H groups in total. The maximum Gasteiger partial charge on any atom is 0.231 e. The van der Waals surface area contributed by atoms with E-state index in [-0.39, 0.29) is 11.5 Å². The zero-order valence-corrected chi connectivity index (χ0v) is 13.7. The van der Waals surface area contributed by atoms with Gasteiger partial charge in [0.05, 0.1) is 5.92 Å². The number of hydrogen-bond donors (Lipinski definition) is 1. The molecule has 1 aromatic rings. The van der Waals surface area contributed by atoms with E-state index in [1.54, 1.807) is 0 Å². The molecule has 1 aliphatic carbocycles. The number of nitrogens with zero attached hydrogens (tertiary/aromatic N) is 1. The van der Waals surface area contributed by atoms with Crippen molar-refractivity contribution in [1.29, 1.82) is 0 Å². The fourth-order valence-electron chi connectivity index (χ4n) is 4.06.